The minimum Gasteiger partial charge on any atom is -0.299 e. The molecular formula is C18H16ClFO. The van der Waals surface area contributed by atoms with E-state index in [2.05, 4.69) is 6.07 Å². The quantitative estimate of drug-likeness (QED) is 0.802. The summed E-state index contributed by atoms with van der Waals surface area (Å²) in [5, 5.41) is 0.453. The molecule has 1 aliphatic carbocycles. The van der Waals surface area contributed by atoms with Gasteiger partial charge in [0.1, 0.15) is 11.6 Å². The monoisotopic (exact) mass is 302 g/mol. The van der Waals surface area contributed by atoms with Crippen LogP contribution in [0.1, 0.15) is 35.4 Å². The fraction of sp³-hybridized carbons (Fsp3) is 0.278. The number of hydrogen-bond donors (Lipinski definition) is 0. The molecule has 0 amide bonds. The maximum Gasteiger partial charge on any atom is 0.144 e. The molecule has 0 N–H and O–H groups in total. The highest BCUT2D eigenvalue weighted by Gasteiger charge is 2.26. The van der Waals surface area contributed by atoms with Gasteiger partial charge in [0, 0.05) is 17.4 Å². The smallest absolute Gasteiger partial charge is 0.144 e. The van der Waals surface area contributed by atoms with Gasteiger partial charge in [-0.2, -0.15) is 0 Å². The van der Waals surface area contributed by atoms with Crippen LogP contribution in [0.25, 0.3) is 0 Å². The van der Waals surface area contributed by atoms with E-state index in [0.717, 1.165) is 24.8 Å². The van der Waals surface area contributed by atoms with E-state index in [4.69, 9.17) is 11.6 Å². The summed E-state index contributed by atoms with van der Waals surface area (Å²) in [5.41, 5.74) is 2.96. The van der Waals surface area contributed by atoms with Crippen LogP contribution in [0.5, 0.6) is 0 Å². The Hall–Kier alpha value is -1.67. The summed E-state index contributed by atoms with van der Waals surface area (Å²) in [5.74, 6) is -0.324. The SMILES string of the molecule is O=C(Cc1cc(F)ccc1Cl)C1CCCc2ccccc21. The van der Waals surface area contributed by atoms with Crippen molar-refractivity contribution >= 4 is 17.4 Å². The Bertz CT molecular complexity index is 681. The van der Waals surface area contributed by atoms with Crippen LogP contribution in [-0.2, 0) is 17.6 Å². The summed E-state index contributed by atoms with van der Waals surface area (Å²) < 4.78 is 13.3. The Balaban J connectivity index is 1.85. The number of Topliss-reactive ketones (excluding diaryl/α,β-unsaturated/α-hetero) is 1. The van der Waals surface area contributed by atoms with Gasteiger partial charge in [0.25, 0.3) is 0 Å². The first-order valence-corrected chi connectivity index (χ1v) is 7.57. The number of ketones is 1. The summed E-state index contributed by atoms with van der Waals surface area (Å²) in [4.78, 5) is 12.6. The van der Waals surface area contributed by atoms with E-state index in [-0.39, 0.29) is 23.9 Å². The van der Waals surface area contributed by atoms with E-state index in [1.165, 1.54) is 23.8 Å². The molecule has 0 fully saturated rings. The molecule has 3 rings (SSSR count). The van der Waals surface area contributed by atoms with Crippen molar-refractivity contribution in [3.63, 3.8) is 0 Å². The van der Waals surface area contributed by atoms with Crippen molar-refractivity contribution in [1.29, 1.82) is 0 Å². The molecule has 1 nitrogen and oxygen atoms in total. The highest BCUT2D eigenvalue weighted by atomic mass is 35.5. The lowest BCUT2D eigenvalue weighted by Crippen LogP contribution is -2.20. The second-order valence-electron chi connectivity index (χ2n) is 5.52. The summed E-state index contributed by atoms with van der Waals surface area (Å²) in [6, 6.07) is 12.3. The molecule has 0 heterocycles. The van der Waals surface area contributed by atoms with Crippen LogP contribution in [0, 0.1) is 5.82 Å². The zero-order chi connectivity index (χ0) is 14.8. The van der Waals surface area contributed by atoms with Crippen LogP contribution >= 0.6 is 11.6 Å². The molecule has 2 aromatic rings. The molecule has 0 saturated heterocycles. The largest absolute Gasteiger partial charge is 0.299 e. The Morgan fingerprint density at radius 1 is 1.24 bits per heavy atom. The van der Waals surface area contributed by atoms with Crippen LogP contribution in [0.3, 0.4) is 0 Å². The van der Waals surface area contributed by atoms with Crippen molar-refractivity contribution < 1.29 is 9.18 Å². The summed E-state index contributed by atoms with van der Waals surface area (Å²) in [6.07, 6.45) is 3.10. The van der Waals surface area contributed by atoms with Gasteiger partial charge in [-0.15, -0.1) is 0 Å². The number of rotatable bonds is 3. The highest BCUT2D eigenvalue weighted by Crippen LogP contribution is 2.33. The molecule has 1 atom stereocenters. The maximum absolute atomic E-state index is 13.3. The van der Waals surface area contributed by atoms with Gasteiger partial charge in [-0.1, -0.05) is 35.9 Å². The molecule has 0 aliphatic heterocycles. The third-order valence-electron chi connectivity index (χ3n) is 4.13. The van der Waals surface area contributed by atoms with Crippen molar-refractivity contribution in [2.45, 2.75) is 31.6 Å². The number of hydrogen-bond acceptors (Lipinski definition) is 1. The average molecular weight is 303 g/mol. The minimum atomic E-state index is -0.355. The summed E-state index contributed by atoms with van der Waals surface area (Å²) >= 11 is 6.06. The molecular weight excluding hydrogens is 287 g/mol. The van der Waals surface area contributed by atoms with Gasteiger partial charge in [-0.05, 0) is 54.2 Å². The lowest BCUT2D eigenvalue weighted by atomic mass is 9.79. The fourth-order valence-electron chi connectivity index (χ4n) is 3.08. The number of halogens is 2. The Morgan fingerprint density at radius 2 is 2.05 bits per heavy atom. The highest BCUT2D eigenvalue weighted by molar-refractivity contribution is 6.31. The molecule has 0 bridgehead atoms. The first-order valence-electron chi connectivity index (χ1n) is 7.19. The van der Waals surface area contributed by atoms with Gasteiger partial charge in [-0.3, -0.25) is 4.79 Å². The molecule has 2 aromatic carbocycles. The number of benzene rings is 2. The van der Waals surface area contributed by atoms with Gasteiger partial charge in [0.2, 0.25) is 0 Å². The predicted octanol–water partition coefficient (Wildman–Crippen LogP) is 4.71. The van der Waals surface area contributed by atoms with Crippen molar-refractivity contribution in [1.82, 2.24) is 0 Å². The second-order valence-corrected chi connectivity index (χ2v) is 5.93. The van der Waals surface area contributed by atoms with Gasteiger partial charge in [-0.25, -0.2) is 4.39 Å². The third kappa shape index (κ3) is 3.01. The third-order valence-corrected chi connectivity index (χ3v) is 4.50. The fourth-order valence-corrected chi connectivity index (χ4v) is 3.26. The van der Waals surface area contributed by atoms with Gasteiger partial charge in [0.05, 0.1) is 0 Å². The maximum atomic E-state index is 13.3. The molecule has 0 radical (unpaired) electrons. The van der Waals surface area contributed by atoms with Crippen LogP contribution in [0.2, 0.25) is 5.02 Å². The first-order chi connectivity index (χ1) is 10.1. The Labute approximate surface area is 128 Å². The minimum absolute atomic E-state index is 0.0886. The first kappa shape index (κ1) is 14.3. The normalized spacial score (nSPS) is 17.3. The van der Waals surface area contributed by atoms with Crippen LogP contribution < -0.4 is 0 Å². The molecule has 1 unspecified atom stereocenters. The number of aryl methyl sites for hydroxylation is 1. The molecule has 0 aromatic heterocycles. The molecule has 1 aliphatic rings. The average Bonchev–Trinajstić information content (AvgIpc) is 2.50. The lowest BCUT2D eigenvalue weighted by molar-refractivity contribution is -0.120. The van der Waals surface area contributed by atoms with Gasteiger partial charge >= 0.3 is 0 Å². The number of carbonyl (C=O) groups excluding carboxylic acids is 1. The summed E-state index contributed by atoms with van der Waals surface area (Å²) in [7, 11) is 0. The zero-order valence-electron chi connectivity index (χ0n) is 11.6. The van der Waals surface area contributed by atoms with Crippen molar-refractivity contribution in [2.75, 3.05) is 0 Å². The molecule has 3 heteroatoms. The molecule has 0 spiro atoms. The van der Waals surface area contributed by atoms with Crippen molar-refractivity contribution in [3.05, 3.63) is 70.0 Å². The van der Waals surface area contributed by atoms with Gasteiger partial charge in [0.15, 0.2) is 0 Å². The topological polar surface area (TPSA) is 17.1 Å². The van der Waals surface area contributed by atoms with E-state index in [1.54, 1.807) is 0 Å². The Morgan fingerprint density at radius 3 is 2.90 bits per heavy atom. The molecule has 0 saturated carbocycles. The lowest BCUT2D eigenvalue weighted by Gasteiger charge is -2.24. The van der Waals surface area contributed by atoms with E-state index in [0.29, 0.717) is 10.6 Å². The predicted molar refractivity (Wildman–Crippen MR) is 82.2 cm³/mol. The van der Waals surface area contributed by atoms with Crippen LogP contribution in [0.15, 0.2) is 42.5 Å². The number of fused-ring (bicyclic) bond motifs is 1. The van der Waals surface area contributed by atoms with E-state index in [9.17, 15) is 9.18 Å². The van der Waals surface area contributed by atoms with Crippen LogP contribution in [0.4, 0.5) is 4.39 Å². The second kappa shape index (κ2) is 5.98. The zero-order valence-corrected chi connectivity index (χ0v) is 12.4. The van der Waals surface area contributed by atoms with E-state index < -0.39 is 0 Å². The number of carbonyl (C=O) groups is 1. The van der Waals surface area contributed by atoms with Crippen molar-refractivity contribution in [3.8, 4) is 0 Å². The van der Waals surface area contributed by atoms with Crippen LogP contribution in [-0.4, -0.2) is 5.78 Å². The molecule has 21 heavy (non-hydrogen) atoms. The Kier molecular flexibility index (Phi) is 4.07. The van der Waals surface area contributed by atoms with Crippen molar-refractivity contribution in [2.24, 2.45) is 0 Å². The van der Waals surface area contributed by atoms with E-state index in [1.807, 2.05) is 18.2 Å². The summed E-state index contributed by atoms with van der Waals surface area (Å²) in [6.45, 7) is 0. The standard InChI is InChI=1S/C18H16ClFO/c19-17-9-8-14(20)10-13(17)11-18(21)16-7-3-5-12-4-1-2-6-15(12)16/h1-2,4,6,8-10,16H,3,5,7,11H2. The van der Waals surface area contributed by atoms with E-state index >= 15 is 0 Å². The molecule has 108 valence electrons. The van der Waals surface area contributed by atoms with Gasteiger partial charge < -0.3 is 0 Å².